The first-order chi connectivity index (χ1) is 18.1. The van der Waals surface area contributed by atoms with Crippen molar-refractivity contribution in [2.75, 3.05) is 0 Å². The Morgan fingerprint density at radius 2 is 1.62 bits per heavy atom. The van der Waals surface area contributed by atoms with E-state index in [1.807, 2.05) is 58.0 Å². The average molecular weight is 529 g/mol. The van der Waals surface area contributed by atoms with Gasteiger partial charge in [0.15, 0.2) is 11.4 Å². The van der Waals surface area contributed by atoms with Crippen LogP contribution in [0.4, 0.5) is 0 Å². The number of ketones is 3. The van der Waals surface area contributed by atoms with E-state index in [1.54, 1.807) is 13.8 Å². The molecule has 0 aromatic heterocycles. The van der Waals surface area contributed by atoms with Crippen LogP contribution < -0.4 is 0 Å². The minimum atomic E-state index is -2.52. The Hall–Kier alpha value is -3.51. The Bertz CT molecular complexity index is 1540. The van der Waals surface area contributed by atoms with Gasteiger partial charge in [0.25, 0.3) is 0 Å². The van der Waals surface area contributed by atoms with Crippen molar-refractivity contribution in [1.29, 1.82) is 0 Å². The first kappa shape index (κ1) is 27.1. The van der Waals surface area contributed by atoms with Crippen LogP contribution in [0.15, 0.2) is 53.1 Å². The average Bonchev–Trinajstić information content (AvgIpc) is 2.81. The molecule has 0 bridgehead atoms. The van der Waals surface area contributed by atoms with Crippen LogP contribution in [0.25, 0.3) is 16.9 Å². The summed E-state index contributed by atoms with van der Waals surface area (Å²) in [7, 11) is 0. The number of allylic oxidation sites excluding steroid dienone is 1. The Labute approximate surface area is 229 Å². The molecule has 39 heavy (non-hydrogen) atoms. The molecule has 2 aromatic rings. The molecular weight excluding hydrogens is 492 g/mol. The molecule has 6 heteroatoms. The molecule has 4 atom stereocenters. The van der Waals surface area contributed by atoms with E-state index in [4.69, 9.17) is 0 Å². The minimum absolute atomic E-state index is 0.0643. The summed E-state index contributed by atoms with van der Waals surface area (Å²) in [6, 6.07) is 11.2. The Morgan fingerprint density at radius 1 is 0.974 bits per heavy atom. The van der Waals surface area contributed by atoms with Gasteiger partial charge in [-0.05, 0) is 73.8 Å². The summed E-state index contributed by atoms with van der Waals surface area (Å²) in [5.41, 5.74) is -0.601. The second-order valence-corrected chi connectivity index (χ2v) is 12.6. The summed E-state index contributed by atoms with van der Waals surface area (Å²) in [4.78, 5) is 40.9. The zero-order chi connectivity index (χ0) is 28.8. The maximum atomic E-state index is 14.4. The monoisotopic (exact) mass is 528 g/mol. The summed E-state index contributed by atoms with van der Waals surface area (Å²) >= 11 is 0. The van der Waals surface area contributed by atoms with Crippen molar-refractivity contribution in [3.63, 3.8) is 0 Å². The lowest BCUT2D eigenvalue weighted by molar-refractivity contribution is -0.180. The van der Waals surface area contributed by atoms with Crippen LogP contribution in [0.2, 0.25) is 0 Å². The molecule has 1 fully saturated rings. The van der Waals surface area contributed by atoms with Gasteiger partial charge in [0.1, 0.15) is 11.5 Å². The molecule has 3 N–H and O–H groups in total. The Balaban J connectivity index is 1.82. The number of Topliss-reactive ketones (excluding diaryl/α,β-unsaturated/α-hetero) is 3. The van der Waals surface area contributed by atoms with Gasteiger partial charge in [-0.25, -0.2) is 0 Å². The molecule has 1 saturated carbocycles. The topological polar surface area (TPSA) is 112 Å². The smallest absolute Gasteiger partial charge is 0.206 e. The number of benzene rings is 2. The van der Waals surface area contributed by atoms with Crippen LogP contribution in [0.5, 0.6) is 5.75 Å². The van der Waals surface area contributed by atoms with Crippen molar-refractivity contribution in [2.45, 2.75) is 66.9 Å². The van der Waals surface area contributed by atoms with Crippen LogP contribution in [0, 0.1) is 29.6 Å². The molecule has 6 nitrogen and oxygen atoms in total. The van der Waals surface area contributed by atoms with Crippen molar-refractivity contribution in [3.05, 3.63) is 69.8 Å². The van der Waals surface area contributed by atoms with Crippen molar-refractivity contribution < 1.29 is 29.7 Å². The molecule has 2 aromatic carbocycles. The first-order valence-corrected chi connectivity index (χ1v) is 13.5. The number of aliphatic hydroxyl groups is 2. The number of carbonyl (C=O) groups excluding carboxylic acids is 3. The van der Waals surface area contributed by atoms with Gasteiger partial charge in [-0.3, -0.25) is 14.4 Å². The largest absolute Gasteiger partial charge is 0.507 e. The van der Waals surface area contributed by atoms with Gasteiger partial charge >= 0.3 is 0 Å². The van der Waals surface area contributed by atoms with Gasteiger partial charge < -0.3 is 15.3 Å². The van der Waals surface area contributed by atoms with Crippen molar-refractivity contribution in [3.8, 4) is 16.9 Å². The number of aliphatic hydroxyl groups excluding tert-OH is 1. The third kappa shape index (κ3) is 3.33. The van der Waals surface area contributed by atoms with Gasteiger partial charge in [0.2, 0.25) is 11.6 Å². The molecule has 0 spiro atoms. The Morgan fingerprint density at radius 3 is 2.21 bits per heavy atom. The molecule has 3 aliphatic carbocycles. The number of hydrogen-bond donors (Lipinski definition) is 3. The van der Waals surface area contributed by atoms with Crippen LogP contribution in [0.3, 0.4) is 0 Å². The highest BCUT2D eigenvalue weighted by Crippen LogP contribution is 2.65. The maximum absolute atomic E-state index is 14.4. The number of hydrogen-bond acceptors (Lipinski definition) is 6. The molecule has 0 unspecified atom stereocenters. The number of phenols is 1. The van der Waals surface area contributed by atoms with Gasteiger partial charge in [-0.1, -0.05) is 63.6 Å². The van der Waals surface area contributed by atoms with Crippen molar-refractivity contribution >= 4 is 23.1 Å². The van der Waals surface area contributed by atoms with E-state index in [2.05, 4.69) is 0 Å². The molecule has 0 aliphatic heterocycles. The molecule has 5 rings (SSSR count). The van der Waals surface area contributed by atoms with E-state index in [-0.39, 0.29) is 34.8 Å². The number of rotatable bonds is 3. The van der Waals surface area contributed by atoms with Crippen LogP contribution >= 0.6 is 0 Å². The zero-order valence-electron chi connectivity index (χ0n) is 23.6. The summed E-state index contributed by atoms with van der Waals surface area (Å²) in [5.74, 6) is -3.39. The molecular formula is C33H36O6. The first-order valence-electron chi connectivity index (χ1n) is 13.5. The highest BCUT2D eigenvalue weighted by molar-refractivity contribution is 6.33. The number of fused-ring (bicyclic) bond motifs is 3. The fourth-order valence-corrected chi connectivity index (χ4v) is 8.38. The SMILES string of the molecule is CC(=O)C1=C(C)[C@@H](C(C)C)[C@]2(C)C[C@]3(C)Cc4c(-c5ccccc5C)ccc(O)c4C(O)=C3C(=O)[C@]2(O)C1=O. The fraction of sp³-hybridized carbons (Fsp3) is 0.424. The number of carbonyl (C=O) groups is 3. The van der Waals surface area contributed by atoms with Crippen LogP contribution in [0.1, 0.15) is 64.7 Å². The standard InChI is InChI=1S/C33H36O6/c1-16(2)26-18(4)24(19(5)34)29(37)33(39)30(38)27-28(36)25-22(14-31(27,6)15-32(26,33)7)21(12-13-23(25)35)20-11-9-8-10-17(20)3/h8-13,16,26,35-36,39H,14-15H2,1-7H3/t26-,31+,32+,33-/m1/s1. The molecule has 0 amide bonds. The predicted octanol–water partition coefficient (Wildman–Crippen LogP) is 5.67. The highest BCUT2D eigenvalue weighted by Gasteiger charge is 2.72. The summed E-state index contributed by atoms with van der Waals surface area (Å²) in [6.45, 7) is 12.6. The number of phenolic OH excluding ortho intramolecular Hbond substituents is 1. The van der Waals surface area contributed by atoms with Gasteiger partial charge in [-0.15, -0.1) is 0 Å². The van der Waals surface area contributed by atoms with Gasteiger partial charge in [0.05, 0.1) is 11.1 Å². The summed E-state index contributed by atoms with van der Waals surface area (Å²) in [5, 5.41) is 34.8. The lowest BCUT2D eigenvalue weighted by atomic mass is 9.42. The van der Waals surface area contributed by atoms with E-state index < -0.39 is 45.5 Å². The van der Waals surface area contributed by atoms with Gasteiger partial charge in [-0.2, -0.15) is 0 Å². The Kier molecular flexibility index (Phi) is 5.90. The lowest BCUT2D eigenvalue weighted by Gasteiger charge is -2.60. The lowest BCUT2D eigenvalue weighted by Crippen LogP contribution is -2.70. The van der Waals surface area contributed by atoms with Crippen LogP contribution in [-0.4, -0.2) is 38.3 Å². The van der Waals surface area contributed by atoms with E-state index >= 15 is 0 Å². The van der Waals surface area contributed by atoms with Gasteiger partial charge in [0, 0.05) is 16.4 Å². The molecule has 0 saturated heterocycles. The second kappa shape index (κ2) is 8.49. The minimum Gasteiger partial charge on any atom is -0.507 e. The number of aryl methyl sites for hydroxylation is 1. The quantitative estimate of drug-likeness (QED) is 0.350. The third-order valence-electron chi connectivity index (χ3n) is 9.63. The van der Waals surface area contributed by atoms with E-state index in [1.165, 1.54) is 13.0 Å². The van der Waals surface area contributed by atoms with E-state index in [0.29, 0.717) is 12.0 Å². The predicted molar refractivity (Wildman–Crippen MR) is 149 cm³/mol. The summed E-state index contributed by atoms with van der Waals surface area (Å²) < 4.78 is 0. The summed E-state index contributed by atoms with van der Waals surface area (Å²) in [6.07, 6.45) is 0.541. The van der Waals surface area contributed by atoms with Crippen molar-refractivity contribution in [1.82, 2.24) is 0 Å². The fourth-order valence-electron chi connectivity index (χ4n) is 8.38. The van der Waals surface area contributed by atoms with Crippen molar-refractivity contribution in [2.24, 2.45) is 22.7 Å². The van der Waals surface area contributed by atoms with Crippen LogP contribution in [-0.2, 0) is 20.8 Å². The molecule has 204 valence electrons. The zero-order valence-corrected chi connectivity index (χ0v) is 23.6. The normalized spacial score (nSPS) is 30.3. The molecule has 0 radical (unpaired) electrons. The third-order valence-corrected chi connectivity index (χ3v) is 9.63. The van der Waals surface area contributed by atoms with E-state index in [0.717, 1.165) is 22.3 Å². The molecule has 3 aliphatic rings. The highest BCUT2D eigenvalue weighted by atomic mass is 16.3. The molecule has 0 heterocycles. The second-order valence-electron chi connectivity index (χ2n) is 12.6. The maximum Gasteiger partial charge on any atom is 0.206 e. The number of aromatic hydroxyl groups is 1. The van der Waals surface area contributed by atoms with E-state index in [9.17, 15) is 29.7 Å².